The molecule has 0 unspecified atom stereocenters. The summed E-state index contributed by atoms with van der Waals surface area (Å²) in [6, 6.07) is 46.4. The van der Waals surface area contributed by atoms with Crippen molar-refractivity contribution in [3.05, 3.63) is 185 Å². The van der Waals surface area contributed by atoms with Crippen molar-refractivity contribution in [1.82, 2.24) is 0 Å². The van der Waals surface area contributed by atoms with E-state index < -0.39 is 20.2 Å². The topological polar surface area (TPSA) is 443 Å². The minimum absolute atomic E-state index is 0.0506. The Kier molecular flexibility index (Phi) is 33.5. The maximum atomic E-state index is 11.6. The maximum Gasteiger partial charge on any atom is 0.296 e. The van der Waals surface area contributed by atoms with Crippen LogP contribution in [0.3, 0.4) is 0 Å². The van der Waals surface area contributed by atoms with Gasteiger partial charge in [-0.3, -0.25) is 9.11 Å². The Morgan fingerprint density at radius 3 is 1.29 bits per heavy atom. The van der Waals surface area contributed by atoms with Crippen LogP contribution >= 0.6 is 60.2 Å². The van der Waals surface area contributed by atoms with Gasteiger partial charge in [-0.05, 0) is 141 Å². The van der Waals surface area contributed by atoms with E-state index in [0.717, 1.165) is 81.4 Å². The lowest BCUT2D eigenvalue weighted by Gasteiger charge is -2.12. The fourth-order valence-electron chi connectivity index (χ4n) is 8.66. The molecule has 0 spiro atoms. The summed E-state index contributed by atoms with van der Waals surface area (Å²) in [4.78, 5) is 1.22. The second-order valence-electron chi connectivity index (χ2n) is 19.6. The second kappa shape index (κ2) is 40.5. The van der Waals surface area contributed by atoms with Crippen molar-refractivity contribution in [2.75, 3.05) is 24.5 Å². The van der Waals surface area contributed by atoms with Crippen molar-refractivity contribution in [2.45, 2.75) is 61.1 Å². The monoisotopic (exact) mass is 1490 g/mol. The van der Waals surface area contributed by atoms with Crippen LogP contribution in [0.2, 0.25) is 0 Å². The third-order valence-electron chi connectivity index (χ3n) is 13.0. The molecule has 11 N–H and O–H groups in total. The SMILES string of the molecule is CS(=O)(=O)O.CSOOO.CSOOO.Cc1ccc(N=Nc2ccc(C)c3ccccc23)c2ccccc12.Cc1ccc(N=Nc2cccc3c(O)c(C)c(SOOO)cc23)c(SOOO)c1.Cc1ccc(S(=O)(=O)O)c(N=Nc2ccc3cc(SOOO)c(C)c(O)c3c2N)c1. The molecule has 10 rings (SSSR count). The number of nitrogen functional groups attached to an aromatic ring is 1. The van der Waals surface area contributed by atoms with Crippen LogP contribution in [0.15, 0.2) is 202 Å². The Labute approximate surface area is 581 Å². The number of hydrogen-bond donors (Lipinski definition) is 10. The first-order chi connectivity index (χ1) is 46.7. The normalized spacial score (nSPS) is 11.4. The molecule has 0 saturated carbocycles. The molecule has 0 radical (unpaired) electrons. The molecule has 0 aromatic heterocycles. The number of hydrogen-bond acceptors (Lipinski definition) is 33. The van der Waals surface area contributed by atoms with Gasteiger partial charge in [0.15, 0.2) is 0 Å². The van der Waals surface area contributed by atoms with Gasteiger partial charge in [-0.2, -0.15) is 16.8 Å². The van der Waals surface area contributed by atoms with Gasteiger partial charge in [0.25, 0.3) is 20.2 Å². The number of rotatable bonds is 20. The van der Waals surface area contributed by atoms with Crippen LogP contribution in [0, 0.1) is 41.5 Å². The highest BCUT2D eigenvalue weighted by Crippen LogP contribution is 2.44. The van der Waals surface area contributed by atoms with Crippen LogP contribution in [-0.2, 0) is 67.1 Å². The standard InChI is InChI=1S/C22H18N2.C18H17N3O7S2.C18H16N2O7S2.3CH4O3S/c1-15-11-13-21(19-9-5-3-7-17(15)19)23-24-22-14-12-16(2)18-8-4-6-10-20(18)22;1-9-3-6-15(30(24,25)26)13(7-9)21-20-12-5-4-11-8-14(29-28-27-23)10(2)18(22)16(11)17(12)19;1-10-6-7-15(17(8-10)29-27-25-23)20-19-14-5-3-4-12-13(14)9-16(28-26-24-22)11(2)18(12)21;1-5(2,3)4;2*1-5-4-3-2/h3-14H,1-2H3;3-8,22-23H,19H2,1-2H3,(H,24,25,26);3-9,21-23H,1-2H3;1H3,(H,2,3,4);2*2H,1H3. The van der Waals surface area contributed by atoms with E-state index in [2.05, 4.69) is 140 Å². The zero-order valence-corrected chi connectivity index (χ0v) is 58.5. The third-order valence-corrected chi connectivity index (χ3v) is 16.4. The molecule has 0 fully saturated rings. The number of phenols is 2. The van der Waals surface area contributed by atoms with E-state index >= 15 is 0 Å². The van der Waals surface area contributed by atoms with Gasteiger partial charge < -0.3 is 15.9 Å². The highest BCUT2D eigenvalue weighted by Gasteiger charge is 2.19. The Morgan fingerprint density at radius 2 is 0.796 bits per heavy atom. The Balaban J connectivity index is 0.000000240. The molecule has 37 heteroatoms. The van der Waals surface area contributed by atoms with Crippen LogP contribution in [0.25, 0.3) is 43.1 Å². The Bertz CT molecular complexity index is 4550. The number of benzene rings is 10. The van der Waals surface area contributed by atoms with Crippen LogP contribution in [0.4, 0.5) is 39.8 Å². The number of fused-ring (bicyclic) bond motifs is 4. The highest BCUT2D eigenvalue weighted by molar-refractivity contribution is 7.95. The number of aryl methyl sites for hydroxylation is 4. The minimum atomic E-state index is -4.49. The largest absolute Gasteiger partial charge is 0.507 e. The average molecular weight is 1490 g/mol. The number of aromatic hydroxyl groups is 2. The molecule has 0 aliphatic heterocycles. The predicted octanol–water partition coefficient (Wildman–Crippen LogP) is 19.2. The number of azo groups is 3. The highest BCUT2D eigenvalue weighted by atomic mass is 32.2. The van der Waals surface area contributed by atoms with Crippen molar-refractivity contribution in [3.63, 3.8) is 0 Å². The third kappa shape index (κ3) is 24.4. The molecule has 0 saturated heterocycles. The predicted molar refractivity (Wildman–Crippen MR) is 373 cm³/mol. The lowest BCUT2D eigenvalue weighted by Crippen LogP contribution is -1.98. The number of nitrogens with zero attached hydrogens (tertiary/aromatic N) is 6. The van der Waals surface area contributed by atoms with Crippen molar-refractivity contribution in [2.24, 2.45) is 30.7 Å². The molecule has 0 aliphatic rings. The van der Waals surface area contributed by atoms with Crippen LogP contribution in [0.5, 0.6) is 11.5 Å². The zero-order valence-electron chi connectivity index (χ0n) is 52.8. The molecule has 30 nitrogen and oxygen atoms in total. The average Bonchev–Trinajstić information content (AvgIpc) is 0.781. The molecule has 98 heavy (non-hydrogen) atoms. The summed E-state index contributed by atoms with van der Waals surface area (Å²) in [6.45, 7) is 11.2. The lowest BCUT2D eigenvalue weighted by molar-refractivity contribution is -0.432. The summed E-state index contributed by atoms with van der Waals surface area (Å²) < 4.78 is 79.4. The first-order valence-electron chi connectivity index (χ1n) is 27.3. The van der Waals surface area contributed by atoms with Crippen molar-refractivity contribution in [3.8, 4) is 11.5 Å². The zero-order chi connectivity index (χ0) is 72.1. The molecular weight excluding hydrogens is 1420 g/mol. The summed E-state index contributed by atoms with van der Waals surface area (Å²) >= 11 is 4.11. The Morgan fingerprint density at radius 1 is 0.398 bits per heavy atom. The molecular formula is C61H63N7O23S7. The fourth-order valence-corrected chi connectivity index (χ4v) is 10.9. The molecule has 10 aromatic carbocycles. The number of nitrogens with two attached hydrogens (primary N) is 1. The van der Waals surface area contributed by atoms with Gasteiger partial charge in [-0.25, -0.2) is 26.3 Å². The van der Waals surface area contributed by atoms with E-state index in [4.69, 9.17) is 36.6 Å². The van der Waals surface area contributed by atoms with Gasteiger partial charge in [-0.15, -0.1) is 52.4 Å². The Hall–Kier alpha value is -7.59. The summed E-state index contributed by atoms with van der Waals surface area (Å²) in [5, 5.41) is 110. The smallest absolute Gasteiger partial charge is 0.296 e. The quantitative estimate of drug-likeness (QED) is 0.00846. The summed E-state index contributed by atoms with van der Waals surface area (Å²) in [5.41, 5.74) is 14.4. The summed E-state index contributed by atoms with van der Waals surface area (Å²) in [5.74, 6) is -0.0658. The van der Waals surface area contributed by atoms with Crippen LogP contribution in [0.1, 0.15) is 33.4 Å². The van der Waals surface area contributed by atoms with Gasteiger partial charge >= 0.3 is 0 Å². The molecule has 522 valence electrons. The number of phenolic OH excluding ortho intramolecular Hbond substituents is 2. The second-order valence-corrected chi connectivity index (χ2v) is 25.6. The first kappa shape index (κ1) is 81.1. The van der Waals surface area contributed by atoms with E-state index in [0.29, 0.717) is 77.0 Å². The fraction of sp³-hybridized carbons (Fsp3) is 0.148. The molecule has 0 amide bonds. The van der Waals surface area contributed by atoms with Crippen molar-refractivity contribution in [1.29, 1.82) is 0 Å². The summed E-state index contributed by atoms with van der Waals surface area (Å²) in [6.07, 6.45) is 3.96. The molecule has 10 aromatic rings. The summed E-state index contributed by atoms with van der Waals surface area (Å²) in [7, 11) is -8.16. The van der Waals surface area contributed by atoms with E-state index in [1.807, 2.05) is 37.3 Å². The van der Waals surface area contributed by atoms with E-state index in [1.54, 1.807) is 81.8 Å². The van der Waals surface area contributed by atoms with Gasteiger partial charge in [0.1, 0.15) is 33.5 Å². The first-order valence-corrected chi connectivity index (χ1v) is 35.2. The molecule has 0 heterocycles. The molecule has 0 atom stereocenters. The van der Waals surface area contributed by atoms with Gasteiger partial charge in [-0.1, -0.05) is 116 Å². The van der Waals surface area contributed by atoms with Gasteiger partial charge in [0, 0.05) is 84.4 Å². The van der Waals surface area contributed by atoms with Crippen molar-refractivity contribution < 1.29 is 109 Å². The number of anilines is 1. The van der Waals surface area contributed by atoms with Gasteiger partial charge in [0.2, 0.25) is 0 Å². The van der Waals surface area contributed by atoms with Crippen LogP contribution < -0.4 is 5.73 Å². The van der Waals surface area contributed by atoms with Crippen LogP contribution in [-0.4, -0.2) is 81.2 Å². The van der Waals surface area contributed by atoms with E-state index in [1.165, 1.54) is 46.2 Å². The van der Waals surface area contributed by atoms with Gasteiger partial charge in [0.05, 0.1) is 70.0 Å². The van der Waals surface area contributed by atoms with Crippen molar-refractivity contribution >= 4 is 163 Å². The maximum absolute atomic E-state index is 11.6. The minimum Gasteiger partial charge on any atom is -0.507 e. The molecule has 0 bridgehead atoms. The van der Waals surface area contributed by atoms with E-state index in [-0.39, 0.29) is 33.5 Å². The van der Waals surface area contributed by atoms with E-state index in [9.17, 15) is 31.6 Å². The lowest BCUT2D eigenvalue weighted by atomic mass is 10.0. The molecule has 0 aliphatic carbocycles.